The predicted octanol–water partition coefficient (Wildman–Crippen LogP) is 5.63. The third-order valence-corrected chi connectivity index (χ3v) is 7.81. The van der Waals surface area contributed by atoms with Gasteiger partial charge >= 0.3 is 0 Å². The minimum Gasteiger partial charge on any atom is -0.204 e. The number of halogens is 10. The van der Waals surface area contributed by atoms with Crippen molar-refractivity contribution in [2.45, 2.75) is 32.0 Å². The topological polar surface area (TPSA) is 0 Å². The molecule has 2 rings (SSSR count). The van der Waals surface area contributed by atoms with E-state index in [1.54, 1.807) is 0 Å². The maximum atomic E-state index is 14.0. The fraction of sp³-hybridized carbons (Fsp3) is 0.294. The fourth-order valence-corrected chi connectivity index (χ4v) is 5.62. The average Bonchev–Trinajstić information content (AvgIpc) is 2.64. The molecule has 0 radical (unpaired) electrons. The molecule has 0 heterocycles. The predicted molar refractivity (Wildman–Crippen MR) is 82.7 cm³/mol. The van der Waals surface area contributed by atoms with Crippen molar-refractivity contribution in [1.29, 1.82) is 0 Å². The lowest BCUT2D eigenvalue weighted by atomic mass is 10.1. The van der Waals surface area contributed by atoms with E-state index in [0.29, 0.717) is 0 Å². The van der Waals surface area contributed by atoms with Gasteiger partial charge in [0.05, 0.1) is 8.07 Å². The van der Waals surface area contributed by atoms with Gasteiger partial charge in [0.25, 0.3) is 0 Å². The molecular formula is C17H12F10Si. The van der Waals surface area contributed by atoms with E-state index < -0.39 is 83.4 Å². The highest BCUT2D eigenvalue weighted by atomic mass is 28.3. The highest BCUT2D eigenvalue weighted by molar-refractivity contribution is 6.89. The van der Waals surface area contributed by atoms with Crippen molar-refractivity contribution in [3.8, 4) is 0 Å². The van der Waals surface area contributed by atoms with E-state index in [1.165, 1.54) is 13.1 Å². The molecule has 0 aliphatic rings. The Morgan fingerprint density at radius 3 is 1.21 bits per heavy atom. The van der Waals surface area contributed by atoms with E-state index in [0.717, 1.165) is 0 Å². The summed E-state index contributed by atoms with van der Waals surface area (Å²) in [5, 5.41) is -0.999. The fourth-order valence-electron chi connectivity index (χ4n) is 2.90. The number of hydrogen-bond acceptors (Lipinski definition) is 0. The van der Waals surface area contributed by atoms with Crippen molar-refractivity contribution in [3.05, 3.63) is 63.7 Å². The van der Waals surface area contributed by atoms with Crippen LogP contribution in [0.2, 0.25) is 19.1 Å². The van der Waals surface area contributed by atoms with E-state index in [1.807, 2.05) is 0 Å². The van der Waals surface area contributed by atoms with Crippen LogP contribution in [0.25, 0.3) is 0 Å². The van der Waals surface area contributed by atoms with Crippen molar-refractivity contribution in [1.82, 2.24) is 0 Å². The van der Waals surface area contributed by atoms with Crippen LogP contribution in [0.3, 0.4) is 0 Å². The molecule has 0 nitrogen and oxygen atoms in total. The van der Waals surface area contributed by atoms with E-state index >= 15 is 0 Å². The SMILES string of the molecule is C[Si](C)(CCCc1c(F)c(F)c(F)c(F)c1F)c1c(F)c(F)c(F)c(F)c1F. The monoisotopic (exact) mass is 434 g/mol. The average molecular weight is 434 g/mol. The van der Waals surface area contributed by atoms with Gasteiger partial charge in [0.2, 0.25) is 11.6 Å². The molecule has 28 heavy (non-hydrogen) atoms. The zero-order chi connectivity index (χ0) is 21.5. The van der Waals surface area contributed by atoms with E-state index in [-0.39, 0.29) is 12.5 Å². The van der Waals surface area contributed by atoms with Gasteiger partial charge in [-0.1, -0.05) is 25.6 Å². The lowest BCUT2D eigenvalue weighted by Crippen LogP contribution is -2.47. The van der Waals surface area contributed by atoms with Crippen LogP contribution in [-0.2, 0) is 6.42 Å². The minimum atomic E-state index is -3.38. The summed E-state index contributed by atoms with van der Waals surface area (Å²) in [6, 6.07) is -0.245. The molecule has 0 unspecified atom stereocenters. The first kappa shape index (κ1) is 22.2. The van der Waals surface area contributed by atoms with Crippen molar-refractivity contribution < 1.29 is 43.9 Å². The second-order valence-electron chi connectivity index (χ2n) is 6.73. The van der Waals surface area contributed by atoms with Crippen LogP contribution in [0.4, 0.5) is 43.9 Å². The van der Waals surface area contributed by atoms with Crippen LogP contribution in [-0.4, -0.2) is 8.07 Å². The summed E-state index contributed by atoms with van der Waals surface area (Å²) in [6.45, 7) is 2.51. The number of hydrogen-bond donors (Lipinski definition) is 0. The summed E-state index contributed by atoms with van der Waals surface area (Å²) in [7, 11) is -3.38. The van der Waals surface area contributed by atoms with Gasteiger partial charge in [-0.25, -0.2) is 43.9 Å². The number of benzene rings is 2. The molecule has 2 aromatic carbocycles. The summed E-state index contributed by atoms with van der Waals surface area (Å²) < 4.78 is 135. The quantitative estimate of drug-likeness (QED) is 0.248. The van der Waals surface area contributed by atoms with Crippen LogP contribution in [0.5, 0.6) is 0 Å². The van der Waals surface area contributed by atoms with Crippen LogP contribution in [0.1, 0.15) is 12.0 Å². The normalized spacial score (nSPS) is 12.0. The van der Waals surface area contributed by atoms with Gasteiger partial charge in [-0.3, -0.25) is 0 Å². The molecule has 0 atom stereocenters. The van der Waals surface area contributed by atoms with Crippen molar-refractivity contribution >= 4 is 13.3 Å². The van der Waals surface area contributed by atoms with E-state index in [4.69, 9.17) is 0 Å². The van der Waals surface area contributed by atoms with Crippen LogP contribution >= 0.6 is 0 Å². The summed E-state index contributed by atoms with van der Waals surface area (Å²) in [5.41, 5.74) is -1.11. The lowest BCUT2D eigenvalue weighted by molar-refractivity contribution is 0.369. The van der Waals surface area contributed by atoms with E-state index in [2.05, 4.69) is 0 Å². The van der Waals surface area contributed by atoms with Crippen LogP contribution in [0, 0.1) is 58.2 Å². The molecule has 154 valence electrons. The Hall–Kier alpha value is -2.04. The van der Waals surface area contributed by atoms with Crippen molar-refractivity contribution in [2.24, 2.45) is 0 Å². The molecule has 0 N–H and O–H groups in total. The van der Waals surface area contributed by atoms with Crippen LogP contribution < -0.4 is 5.19 Å². The Morgan fingerprint density at radius 2 is 0.821 bits per heavy atom. The first-order valence-corrected chi connectivity index (χ1v) is 11.1. The molecule has 2 aromatic rings. The van der Waals surface area contributed by atoms with Crippen LogP contribution in [0.15, 0.2) is 0 Å². The highest BCUT2D eigenvalue weighted by Gasteiger charge is 2.36. The largest absolute Gasteiger partial charge is 0.204 e. The van der Waals surface area contributed by atoms with Gasteiger partial charge in [0.15, 0.2) is 46.5 Å². The smallest absolute Gasteiger partial charge is 0.200 e. The molecule has 0 amide bonds. The Labute approximate surface area is 153 Å². The summed E-state index contributed by atoms with van der Waals surface area (Å²) in [5.74, 6) is -21.2. The Bertz CT molecular complexity index is 881. The summed E-state index contributed by atoms with van der Waals surface area (Å²) >= 11 is 0. The number of rotatable bonds is 5. The lowest BCUT2D eigenvalue weighted by Gasteiger charge is -2.24. The molecule has 0 aliphatic carbocycles. The first-order chi connectivity index (χ1) is 12.8. The third kappa shape index (κ3) is 3.63. The Kier molecular flexibility index (Phi) is 6.17. The third-order valence-electron chi connectivity index (χ3n) is 4.42. The zero-order valence-electron chi connectivity index (χ0n) is 14.4. The van der Waals surface area contributed by atoms with Crippen molar-refractivity contribution in [2.75, 3.05) is 0 Å². The molecule has 11 heteroatoms. The molecule has 0 spiro atoms. The van der Waals surface area contributed by atoms with Gasteiger partial charge in [0, 0.05) is 10.8 Å². The highest BCUT2D eigenvalue weighted by Crippen LogP contribution is 2.27. The van der Waals surface area contributed by atoms with Gasteiger partial charge in [-0.05, 0) is 6.42 Å². The molecular weight excluding hydrogens is 422 g/mol. The minimum absolute atomic E-state index is 0.245. The second kappa shape index (κ2) is 7.76. The van der Waals surface area contributed by atoms with Gasteiger partial charge in [0.1, 0.15) is 0 Å². The summed E-state index contributed by atoms with van der Waals surface area (Å²) in [6.07, 6.45) is -0.991. The molecule has 0 aliphatic heterocycles. The second-order valence-corrected chi connectivity index (χ2v) is 11.5. The van der Waals surface area contributed by atoms with Gasteiger partial charge < -0.3 is 0 Å². The molecule has 0 saturated carbocycles. The Morgan fingerprint density at radius 1 is 0.500 bits per heavy atom. The molecule has 0 fully saturated rings. The summed E-state index contributed by atoms with van der Waals surface area (Å²) in [4.78, 5) is 0. The molecule has 0 saturated heterocycles. The van der Waals surface area contributed by atoms with Gasteiger partial charge in [-0.2, -0.15) is 0 Å². The maximum absolute atomic E-state index is 14.0. The standard InChI is InChI=1S/C17H12F10Si/c1-28(2,17-15(26)13(24)12(23)14(25)16(17)27)5-3-4-6-7(18)9(20)11(22)10(21)8(6)19/h3-5H2,1-2H3. The Balaban J connectivity index is 2.32. The molecule has 0 aromatic heterocycles. The first-order valence-electron chi connectivity index (χ1n) is 7.85. The van der Waals surface area contributed by atoms with E-state index in [9.17, 15) is 43.9 Å². The molecule has 0 bridgehead atoms. The van der Waals surface area contributed by atoms with Crippen molar-refractivity contribution in [3.63, 3.8) is 0 Å². The van der Waals surface area contributed by atoms with Gasteiger partial charge in [-0.15, -0.1) is 0 Å². The zero-order valence-corrected chi connectivity index (χ0v) is 15.4. The maximum Gasteiger partial charge on any atom is 0.200 e.